The Hall–Kier alpha value is -2.48. The molecule has 0 bridgehead atoms. The summed E-state index contributed by atoms with van der Waals surface area (Å²) in [6.45, 7) is 4.91. The van der Waals surface area contributed by atoms with Crippen LogP contribution in [0, 0.1) is 24.0 Å². The molecule has 1 aromatic carbocycles. The van der Waals surface area contributed by atoms with Crippen molar-refractivity contribution in [3.8, 4) is 0 Å². The summed E-state index contributed by atoms with van der Waals surface area (Å²) in [4.78, 5) is 20.4. The molecule has 0 saturated carbocycles. The predicted molar refractivity (Wildman–Crippen MR) is 91.7 cm³/mol. The maximum Gasteiger partial charge on any atom is 0.274 e. The molecular formula is C15H19N5O2S. The van der Waals surface area contributed by atoms with E-state index in [1.54, 1.807) is 36.6 Å². The SMILES string of the molecule is CN=C(NCc1nc(C)c(C)s1)NCc1ccccc1[N+](=O)[O-]. The molecule has 1 aromatic heterocycles. The van der Waals surface area contributed by atoms with E-state index in [2.05, 4.69) is 20.6 Å². The second-order valence-electron chi connectivity index (χ2n) is 4.91. The molecule has 0 aliphatic heterocycles. The van der Waals surface area contributed by atoms with Crippen LogP contribution in [0.25, 0.3) is 0 Å². The average Bonchev–Trinajstić information content (AvgIpc) is 2.86. The standard InChI is InChI=1S/C15H19N5O2S/c1-10-11(2)23-14(19-10)9-18-15(16-3)17-8-12-6-4-5-7-13(12)20(21)22/h4-7H,8-9H2,1-3H3,(H2,16,17,18). The number of hydrogen-bond donors (Lipinski definition) is 2. The normalized spacial score (nSPS) is 11.3. The second-order valence-corrected chi connectivity index (χ2v) is 6.20. The van der Waals surface area contributed by atoms with Gasteiger partial charge in [0.05, 0.1) is 17.2 Å². The van der Waals surface area contributed by atoms with Gasteiger partial charge in [-0.05, 0) is 13.8 Å². The summed E-state index contributed by atoms with van der Waals surface area (Å²) in [7, 11) is 1.66. The maximum atomic E-state index is 11.0. The van der Waals surface area contributed by atoms with Crippen LogP contribution in [0.5, 0.6) is 0 Å². The van der Waals surface area contributed by atoms with Gasteiger partial charge < -0.3 is 10.6 Å². The lowest BCUT2D eigenvalue weighted by Gasteiger charge is -2.11. The zero-order chi connectivity index (χ0) is 16.8. The molecule has 8 heteroatoms. The molecule has 0 fully saturated rings. The third-order valence-electron chi connectivity index (χ3n) is 3.34. The minimum Gasteiger partial charge on any atom is -0.352 e. The molecule has 0 aliphatic carbocycles. The summed E-state index contributed by atoms with van der Waals surface area (Å²) >= 11 is 1.64. The number of nitro groups is 1. The van der Waals surface area contributed by atoms with E-state index in [1.165, 1.54) is 10.9 Å². The lowest BCUT2D eigenvalue weighted by molar-refractivity contribution is -0.385. The van der Waals surface area contributed by atoms with Crippen molar-refractivity contribution in [2.45, 2.75) is 26.9 Å². The summed E-state index contributed by atoms with van der Waals surface area (Å²) in [5.74, 6) is 0.577. The Balaban J connectivity index is 1.94. The number of hydrogen-bond acceptors (Lipinski definition) is 5. The highest BCUT2D eigenvalue weighted by Gasteiger charge is 2.12. The Labute approximate surface area is 138 Å². The first-order chi connectivity index (χ1) is 11.0. The predicted octanol–water partition coefficient (Wildman–Crippen LogP) is 2.53. The van der Waals surface area contributed by atoms with Crippen molar-refractivity contribution in [1.82, 2.24) is 15.6 Å². The van der Waals surface area contributed by atoms with E-state index in [1.807, 2.05) is 13.8 Å². The Morgan fingerprint density at radius 2 is 2.00 bits per heavy atom. The summed E-state index contributed by atoms with van der Waals surface area (Å²) in [5, 5.41) is 18.2. The largest absolute Gasteiger partial charge is 0.352 e. The minimum atomic E-state index is -0.381. The van der Waals surface area contributed by atoms with E-state index in [4.69, 9.17) is 0 Å². The first-order valence-electron chi connectivity index (χ1n) is 7.11. The van der Waals surface area contributed by atoms with Gasteiger partial charge in [0.25, 0.3) is 5.69 Å². The molecule has 122 valence electrons. The Morgan fingerprint density at radius 1 is 1.30 bits per heavy atom. The Bertz CT molecular complexity index is 707. The first-order valence-corrected chi connectivity index (χ1v) is 7.92. The molecule has 0 spiro atoms. The Kier molecular flexibility index (Phi) is 5.64. The van der Waals surface area contributed by atoms with E-state index in [0.29, 0.717) is 24.6 Å². The van der Waals surface area contributed by atoms with E-state index >= 15 is 0 Å². The van der Waals surface area contributed by atoms with Crippen LogP contribution in [0.1, 0.15) is 21.1 Å². The molecule has 23 heavy (non-hydrogen) atoms. The summed E-state index contributed by atoms with van der Waals surface area (Å²) in [6, 6.07) is 6.66. The number of benzene rings is 1. The highest BCUT2D eigenvalue weighted by atomic mass is 32.1. The van der Waals surface area contributed by atoms with Crippen LogP contribution in [0.2, 0.25) is 0 Å². The first kappa shape index (κ1) is 16.9. The van der Waals surface area contributed by atoms with Gasteiger partial charge >= 0.3 is 0 Å². The number of nitrogens with one attached hydrogen (secondary N) is 2. The molecule has 2 rings (SSSR count). The minimum absolute atomic E-state index is 0.0987. The van der Waals surface area contributed by atoms with Crippen LogP contribution in [0.15, 0.2) is 29.3 Å². The quantitative estimate of drug-likeness (QED) is 0.380. The lowest BCUT2D eigenvalue weighted by Crippen LogP contribution is -2.36. The van der Waals surface area contributed by atoms with Crippen molar-refractivity contribution in [3.63, 3.8) is 0 Å². The smallest absolute Gasteiger partial charge is 0.274 e. The van der Waals surface area contributed by atoms with E-state index < -0.39 is 0 Å². The molecule has 0 radical (unpaired) electrons. The molecule has 0 atom stereocenters. The van der Waals surface area contributed by atoms with Gasteiger partial charge in [-0.2, -0.15) is 0 Å². The molecular weight excluding hydrogens is 314 g/mol. The van der Waals surface area contributed by atoms with Gasteiger partial charge in [0.2, 0.25) is 0 Å². The number of thiazole rings is 1. The van der Waals surface area contributed by atoms with Crippen molar-refractivity contribution in [3.05, 3.63) is 55.5 Å². The topological polar surface area (TPSA) is 92.5 Å². The molecule has 0 aliphatic rings. The van der Waals surface area contributed by atoms with Crippen LogP contribution in [0.4, 0.5) is 5.69 Å². The maximum absolute atomic E-state index is 11.0. The zero-order valence-electron chi connectivity index (χ0n) is 13.3. The zero-order valence-corrected chi connectivity index (χ0v) is 14.1. The molecule has 0 saturated heterocycles. The fourth-order valence-electron chi connectivity index (χ4n) is 2.01. The van der Waals surface area contributed by atoms with Gasteiger partial charge in [0.15, 0.2) is 5.96 Å². The average molecular weight is 333 g/mol. The van der Waals surface area contributed by atoms with Crippen LogP contribution < -0.4 is 10.6 Å². The molecule has 7 nitrogen and oxygen atoms in total. The van der Waals surface area contributed by atoms with Crippen molar-refractivity contribution >= 4 is 23.0 Å². The molecule has 0 amide bonds. The van der Waals surface area contributed by atoms with E-state index in [9.17, 15) is 10.1 Å². The number of rotatable bonds is 5. The summed E-state index contributed by atoms with van der Waals surface area (Å²) in [5.41, 5.74) is 1.75. The van der Waals surface area contributed by atoms with Gasteiger partial charge in [0, 0.05) is 30.1 Å². The van der Waals surface area contributed by atoms with Crippen molar-refractivity contribution in [1.29, 1.82) is 0 Å². The summed E-state index contributed by atoms with van der Waals surface area (Å²) < 4.78 is 0. The molecule has 0 unspecified atom stereocenters. The highest BCUT2D eigenvalue weighted by Crippen LogP contribution is 2.17. The van der Waals surface area contributed by atoms with Crippen LogP contribution >= 0.6 is 11.3 Å². The third-order valence-corrected chi connectivity index (χ3v) is 4.41. The van der Waals surface area contributed by atoms with Gasteiger partial charge in [-0.3, -0.25) is 15.1 Å². The molecule has 2 aromatic rings. The van der Waals surface area contributed by atoms with Crippen molar-refractivity contribution in [2.75, 3.05) is 7.05 Å². The number of nitro benzene ring substituents is 1. The van der Waals surface area contributed by atoms with Gasteiger partial charge in [-0.25, -0.2) is 4.98 Å². The monoisotopic (exact) mass is 333 g/mol. The third kappa shape index (κ3) is 4.49. The van der Waals surface area contributed by atoms with Crippen molar-refractivity contribution in [2.24, 2.45) is 4.99 Å². The van der Waals surface area contributed by atoms with Gasteiger partial charge in [0.1, 0.15) is 5.01 Å². The number of para-hydroxylation sites is 1. The number of guanidine groups is 1. The van der Waals surface area contributed by atoms with Gasteiger partial charge in [-0.15, -0.1) is 11.3 Å². The number of aryl methyl sites for hydroxylation is 2. The summed E-state index contributed by atoms with van der Waals surface area (Å²) in [6.07, 6.45) is 0. The number of aliphatic imine (C=N–C) groups is 1. The van der Waals surface area contributed by atoms with Crippen LogP contribution in [-0.2, 0) is 13.1 Å². The van der Waals surface area contributed by atoms with Crippen LogP contribution in [0.3, 0.4) is 0 Å². The second kappa shape index (κ2) is 7.68. The van der Waals surface area contributed by atoms with E-state index in [-0.39, 0.29) is 10.6 Å². The number of nitrogens with zero attached hydrogens (tertiary/aromatic N) is 3. The molecule has 1 heterocycles. The molecule has 2 N–H and O–H groups in total. The number of aromatic nitrogens is 1. The van der Waals surface area contributed by atoms with Gasteiger partial charge in [-0.1, -0.05) is 18.2 Å². The van der Waals surface area contributed by atoms with E-state index in [0.717, 1.165) is 10.7 Å². The lowest BCUT2D eigenvalue weighted by atomic mass is 10.2. The fraction of sp³-hybridized carbons (Fsp3) is 0.333. The Morgan fingerprint density at radius 3 is 2.61 bits per heavy atom. The highest BCUT2D eigenvalue weighted by molar-refractivity contribution is 7.11. The fourth-order valence-corrected chi connectivity index (χ4v) is 2.89. The van der Waals surface area contributed by atoms with Crippen molar-refractivity contribution < 1.29 is 4.92 Å². The van der Waals surface area contributed by atoms with Crippen LogP contribution in [-0.4, -0.2) is 22.9 Å².